The molecule has 0 fully saturated rings. The summed E-state index contributed by atoms with van der Waals surface area (Å²) in [6.07, 6.45) is 3.02. The molecule has 0 aliphatic heterocycles. The Morgan fingerprint density at radius 3 is 2.68 bits per heavy atom. The first-order valence-electron chi connectivity index (χ1n) is 5.71. The molecule has 0 atom stereocenters. The Kier molecular flexibility index (Phi) is 5.05. The number of aromatic nitrogens is 1. The van der Waals surface area contributed by atoms with Gasteiger partial charge in [-0.1, -0.05) is 6.08 Å². The maximum Gasteiger partial charge on any atom is 0.323 e. The summed E-state index contributed by atoms with van der Waals surface area (Å²) < 4.78 is 0. The summed E-state index contributed by atoms with van der Waals surface area (Å²) in [6, 6.07) is 3.19. The van der Waals surface area contributed by atoms with Crippen molar-refractivity contribution in [1.29, 1.82) is 0 Å². The van der Waals surface area contributed by atoms with Crippen molar-refractivity contribution in [2.45, 2.75) is 0 Å². The highest BCUT2D eigenvalue weighted by Crippen LogP contribution is 2.12. The lowest BCUT2D eigenvalue weighted by Crippen LogP contribution is -2.35. The number of nitrogens with zero attached hydrogens (tertiary/aromatic N) is 3. The van der Waals surface area contributed by atoms with Gasteiger partial charge in [-0.2, -0.15) is 0 Å². The van der Waals surface area contributed by atoms with Gasteiger partial charge < -0.3 is 14.9 Å². The molecule has 0 bridgehead atoms. The van der Waals surface area contributed by atoms with Gasteiger partial charge in [-0.25, -0.2) is 4.98 Å². The zero-order chi connectivity index (χ0) is 14.4. The molecule has 0 aromatic carbocycles. The Hall–Kier alpha value is -2.37. The fourth-order valence-corrected chi connectivity index (χ4v) is 1.52. The van der Waals surface area contributed by atoms with E-state index in [1.807, 2.05) is 14.1 Å². The predicted molar refractivity (Wildman–Crippen MR) is 72.3 cm³/mol. The molecule has 1 aromatic heterocycles. The Morgan fingerprint density at radius 2 is 2.16 bits per heavy atom. The van der Waals surface area contributed by atoms with Crippen LogP contribution in [0.25, 0.3) is 0 Å². The number of hydrogen-bond donors (Lipinski definition) is 1. The third kappa shape index (κ3) is 4.09. The van der Waals surface area contributed by atoms with E-state index in [4.69, 9.17) is 5.11 Å². The van der Waals surface area contributed by atoms with E-state index >= 15 is 0 Å². The molecule has 102 valence electrons. The van der Waals surface area contributed by atoms with Crippen LogP contribution in [0.1, 0.15) is 10.4 Å². The van der Waals surface area contributed by atoms with Gasteiger partial charge >= 0.3 is 5.97 Å². The van der Waals surface area contributed by atoms with Crippen LogP contribution in [0.4, 0.5) is 5.82 Å². The van der Waals surface area contributed by atoms with Crippen molar-refractivity contribution in [2.75, 3.05) is 32.1 Å². The minimum atomic E-state index is -1.06. The predicted octanol–water partition coefficient (Wildman–Crippen LogP) is 0.860. The van der Waals surface area contributed by atoms with Crippen LogP contribution in [0, 0.1) is 0 Å². The molecule has 1 rings (SSSR count). The van der Waals surface area contributed by atoms with Crippen LogP contribution >= 0.6 is 0 Å². The van der Waals surface area contributed by atoms with E-state index in [9.17, 15) is 9.59 Å². The molecule has 1 N–H and O–H groups in total. The van der Waals surface area contributed by atoms with Gasteiger partial charge in [0.15, 0.2) is 0 Å². The van der Waals surface area contributed by atoms with Crippen molar-refractivity contribution in [3.8, 4) is 0 Å². The molecule has 0 spiro atoms. The molecule has 6 heteroatoms. The summed E-state index contributed by atoms with van der Waals surface area (Å²) in [5, 5.41) is 8.80. The molecule has 0 aliphatic rings. The summed E-state index contributed by atoms with van der Waals surface area (Å²) in [5.41, 5.74) is 0.404. The van der Waals surface area contributed by atoms with Crippen molar-refractivity contribution >= 4 is 17.7 Å². The van der Waals surface area contributed by atoms with Gasteiger partial charge in [-0.05, 0) is 12.1 Å². The average Bonchev–Trinajstić information content (AvgIpc) is 2.37. The molecular weight excluding hydrogens is 246 g/mol. The number of amides is 1. The number of anilines is 1. The second-order valence-corrected chi connectivity index (χ2v) is 4.17. The maximum atomic E-state index is 12.2. The van der Waals surface area contributed by atoms with Gasteiger partial charge in [-0.3, -0.25) is 9.59 Å². The van der Waals surface area contributed by atoms with Crippen LogP contribution in [0.15, 0.2) is 31.0 Å². The molecule has 1 aromatic rings. The van der Waals surface area contributed by atoms with Crippen LogP contribution in [-0.4, -0.2) is 54.1 Å². The second kappa shape index (κ2) is 6.53. The van der Waals surface area contributed by atoms with Crippen LogP contribution in [0.5, 0.6) is 0 Å². The topological polar surface area (TPSA) is 73.7 Å². The Labute approximate surface area is 112 Å². The zero-order valence-electron chi connectivity index (χ0n) is 11.0. The number of rotatable bonds is 6. The normalized spacial score (nSPS) is 9.79. The summed E-state index contributed by atoms with van der Waals surface area (Å²) in [7, 11) is 3.63. The highest BCUT2D eigenvalue weighted by Gasteiger charge is 2.18. The van der Waals surface area contributed by atoms with Crippen molar-refractivity contribution in [2.24, 2.45) is 0 Å². The quantitative estimate of drug-likeness (QED) is 0.771. The summed E-state index contributed by atoms with van der Waals surface area (Å²) in [6.45, 7) is 3.35. The molecule has 1 heterocycles. The number of carbonyl (C=O) groups excluding carboxylic acids is 1. The van der Waals surface area contributed by atoms with Gasteiger partial charge in [0.25, 0.3) is 5.91 Å². The standard InChI is InChI=1S/C13H17N3O3/c1-4-7-16(9-12(17)18)13(19)10-5-6-14-11(8-10)15(2)3/h4-6,8H,1,7,9H2,2-3H3,(H,17,18). The molecular formula is C13H17N3O3. The first-order valence-corrected chi connectivity index (χ1v) is 5.71. The summed E-state index contributed by atoms with van der Waals surface area (Å²) >= 11 is 0. The van der Waals surface area contributed by atoms with E-state index < -0.39 is 5.97 Å². The number of carboxylic acids is 1. The van der Waals surface area contributed by atoms with Gasteiger partial charge in [0, 0.05) is 32.4 Å². The first kappa shape index (κ1) is 14.7. The molecule has 0 saturated heterocycles. The van der Waals surface area contributed by atoms with Crippen molar-refractivity contribution in [1.82, 2.24) is 9.88 Å². The molecule has 6 nitrogen and oxygen atoms in total. The van der Waals surface area contributed by atoms with Gasteiger partial charge in [-0.15, -0.1) is 6.58 Å². The Balaban J connectivity index is 2.98. The average molecular weight is 263 g/mol. The number of hydrogen-bond acceptors (Lipinski definition) is 4. The minimum absolute atomic E-state index is 0.185. The highest BCUT2D eigenvalue weighted by molar-refractivity contribution is 5.96. The van der Waals surface area contributed by atoms with Gasteiger partial charge in [0.05, 0.1) is 0 Å². The van der Waals surface area contributed by atoms with Gasteiger partial charge in [0.1, 0.15) is 12.4 Å². The number of carbonyl (C=O) groups is 2. The molecule has 0 saturated carbocycles. The minimum Gasteiger partial charge on any atom is -0.480 e. The smallest absolute Gasteiger partial charge is 0.323 e. The van der Waals surface area contributed by atoms with E-state index in [1.165, 1.54) is 17.2 Å². The summed E-state index contributed by atoms with van der Waals surface area (Å²) in [5.74, 6) is -0.774. The van der Waals surface area contributed by atoms with Crippen molar-refractivity contribution in [3.63, 3.8) is 0 Å². The molecule has 0 radical (unpaired) electrons. The summed E-state index contributed by atoms with van der Waals surface area (Å²) in [4.78, 5) is 30.0. The fourth-order valence-electron chi connectivity index (χ4n) is 1.52. The lowest BCUT2D eigenvalue weighted by Gasteiger charge is -2.19. The van der Waals surface area contributed by atoms with Crippen LogP contribution in [0.2, 0.25) is 0 Å². The van der Waals surface area contributed by atoms with E-state index in [-0.39, 0.29) is 19.0 Å². The molecule has 0 unspecified atom stereocenters. The number of aliphatic carboxylic acids is 1. The van der Waals surface area contributed by atoms with E-state index in [2.05, 4.69) is 11.6 Å². The van der Waals surface area contributed by atoms with E-state index in [1.54, 1.807) is 17.0 Å². The van der Waals surface area contributed by atoms with Crippen LogP contribution < -0.4 is 4.90 Å². The van der Waals surface area contributed by atoms with E-state index in [0.717, 1.165) is 0 Å². The largest absolute Gasteiger partial charge is 0.480 e. The van der Waals surface area contributed by atoms with Crippen LogP contribution in [-0.2, 0) is 4.79 Å². The SMILES string of the molecule is C=CCN(CC(=O)O)C(=O)c1ccnc(N(C)C)c1. The van der Waals surface area contributed by atoms with Crippen LogP contribution in [0.3, 0.4) is 0 Å². The second-order valence-electron chi connectivity index (χ2n) is 4.17. The lowest BCUT2D eigenvalue weighted by atomic mass is 10.2. The Bertz CT molecular complexity index is 486. The fraction of sp³-hybridized carbons (Fsp3) is 0.308. The van der Waals surface area contributed by atoms with Crippen molar-refractivity contribution in [3.05, 3.63) is 36.5 Å². The molecule has 19 heavy (non-hydrogen) atoms. The molecule has 0 aliphatic carbocycles. The van der Waals surface area contributed by atoms with Crippen molar-refractivity contribution < 1.29 is 14.7 Å². The zero-order valence-corrected chi connectivity index (χ0v) is 11.0. The number of pyridine rings is 1. The lowest BCUT2D eigenvalue weighted by molar-refractivity contribution is -0.137. The number of carboxylic acid groups (broad SMARTS) is 1. The Morgan fingerprint density at radius 1 is 1.47 bits per heavy atom. The third-order valence-electron chi connectivity index (χ3n) is 2.41. The molecule has 1 amide bonds. The monoisotopic (exact) mass is 263 g/mol. The third-order valence-corrected chi connectivity index (χ3v) is 2.41. The highest BCUT2D eigenvalue weighted by atomic mass is 16.4. The van der Waals surface area contributed by atoms with E-state index in [0.29, 0.717) is 11.4 Å². The maximum absolute atomic E-state index is 12.2. The first-order chi connectivity index (χ1) is 8.95. The van der Waals surface area contributed by atoms with Gasteiger partial charge in [0.2, 0.25) is 0 Å².